The predicted octanol–water partition coefficient (Wildman–Crippen LogP) is 3.11. The Labute approximate surface area is 112 Å². The Balaban J connectivity index is 2.35. The minimum absolute atomic E-state index is 0.160. The summed E-state index contributed by atoms with van der Waals surface area (Å²) in [5, 5.41) is 4.63. The summed E-state index contributed by atoms with van der Waals surface area (Å²) in [6.45, 7) is 7.33. The maximum absolute atomic E-state index is 4.75. The van der Waals surface area contributed by atoms with Crippen molar-refractivity contribution >= 4 is 11.3 Å². The second-order valence-corrected chi connectivity index (χ2v) is 5.42. The molecule has 2 aromatic rings. The molecular formula is C14H19N3S. The standard InChI is InChI=1S/C14H19N3S/c1-4-12-10(3)18-14(17-12)13(16-5-2)11-7-6-8-15-9-11/h6-9,13,16H,4-5H2,1-3H3. The van der Waals surface area contributed by atoms with E-state index in [1.165, 1.54) is 16.1 Å². The Kier molecular flexibility index (Phi) is 4.44. The molecule has 0 aromatic carbocycles. The first kappa shape index (κ1) is 13.2. The molecule has 2 rings (SSSR count). The maximum Gasteiger partial charge on any atom is 0.115 e. The fourth-order valence-corrected chi connectivity index (χ4v) is 3.11. The van der Waals surface area contributed by atoms with E-state index in [1.54, 1.807) is 17.5 Å². The predicted molar refractivity (Wildman–Crippen MR) is 76.0 cm³/mol. The first-order chi connectivity index (χ1) is 8.76. The van der Waals surface area contributed by atoms with E-state index in [1.807, 2.05) is 12.3 Å². The van der Waals surface area contributed by atoms with Gasteiger partial charge in [-0.15, -0.1) is 11.3 Å². The van der Waals surface area contributed by atoms with Crippen LogP contribution in [0, 0.1) is 6.92 Å². The molecule has 3 nitrogen and oxygen atoms in total. The fourth-order valence-electron chi connectivity index (χ4n) is 2.00. The lowest BCUT2D eigenvalue weighted by atomic mass is 10.1. The first-order valence-electron chi connectivity index (χ1n) is 6.35. The van der Waals surface area contributed by atoms with Crippen LogP contribution >= 0.6 is 11.3 Å². The van der Waals surface area contributed by atoms with Crippen LogP contribution in [-0.2, 0) is 6.42 Å². The van der Waals surface area contributed by atoms with E-state index < -0.39 is 0 Å². The van der Waals surface area contributed by atoms with E-state index in [0.29, 0.717) is 0 Å². The lowest BCUT2D eigenvalue weighted by Crippen LogP contribution is -2.22. The highest BCUT2D eigenvalue weighted by atomic mass is 32.1. The Hall–Kier alpha value is -1.26. The number of thiazole rings is 1. The normalized spacial score (nSPS) is 12.6. The van der Waals surface area contributed by atoms with Crippen molar-refractivity contribution in [1.29, 1.82) is 0 Å². The summed E-state index contributed by atoms with van der Waals surface area (Å²) in [7, 11) is 0. The molecule has 0 saturated carbocycles. The number of nitrogens with one attached hydrogen (secondary N) is 1. The molecule has 2 aromatic heterocycles. The zero-order valence-electron chi connectivity index (χ0n) is 11.1. The van der Waals surface area contributed by atoms with Crippen molar-refractivity contribution in [2.75, 3.05) is 6.54 Å². The smallest absolute Gasteiger partial charge is 0.115 e. The number of aromatic nitrogens is 2. The van der Waals surface area contributed by atoms with Gasteiger partial charge < -0.3 is 5.32 Å². The van der Waals surface area contributed by atoms with Crippen molar-refractivity contribution in [1.82, 2.24) is 15.3 Å². The van der Waals surface area contributed by atoms with Crippen molar-refractivity contribution < 1.29 is 0 Å². The summed E-state index contributed by atoms with van der Waals surface area (Å²) in [5.41, 5.74) is 2.39. The average molecular weight is 261 g/mol. The van der Waals surface area contributed by atoms with Gasteiger partial charge in [-0.05, 0) is 31.5 Å². The van der Waals surface area contributed by atoms with E-state index in [9.17, 15) is 0 Å². The molecule has 0 bridgehead atoms. The molecule has 1 N–H and O–H groups in total. The molecule has 1 atom stereocenters. The summed E-state index contributed by atoms with van der Waals surface area (Å²) in [5.74, 6) is 0. The van der Waals surface area contributed by atoms with E-state index >= 15 is 0 Å². The molecule has 18 heavy (non-hydrogen) atoms. The van der Waals surface area contributed by atoms with E-state index in [-0.39, 0.29) is 6.04 Å². The minimum atomic E-state index is 0.160. The quantitative estimate of drug-likeness (QED) is 0.898. The number of rotatable bonds is 5. The van der Waals surface area contributed by atoms with E-state index in [4.69, 9.17) is 4.98 Å². The van der Waals surface area contributed by atoms with Crippen molar-refractivity contribution in [3.63, 3.8) is 0 Å². The molecule has 0 fully saturated rings. The Morgan fingerprint density at radius 3 is 2.78 bits per heavy atom. The number of hydrogen-bond acceptors (Lipinski definition) is 4. The zero-order chi connectivity index (χ0) is 13.0. The van der Waals surface area contributed by atoms with Crippen molar-refractivity contribution in [2.24, 2.45) is 0 Å². The second kappa shape index (κ2) is 6.07. The number of nitrogens with zero attached hydrogens (tertiary/aromatic N) is 2. The van der Waals surface area contributed by atoms with Crippen LogP contribution in [0.5, 0.6) is 0 Å². The van der Waals surface area contributed by atoms with Gasteiger partial charge in [0.15, 0.2) is 0 Å². The van der Waals surface area contributed by atoms with Crippen LogP contribution in [0.4, 0.5) is 0 Å². The highest BCUT2D eigenvalue weighted by molar-refractivity contribution is 7.11. The van der Waals surface area contributed by atoms with Crippen molar-refractivity contribution in [3.8, 4) is 0 Å². The van der Waals surface area contributed by atoms with Crippen LogP contribution in [0.2, 0.25) is 0 Å². The van der Waals surface area contributed by atoms with Gasteiger partial charge in [0.25, 0.3) is 0 Å². The summed E-state index contributed by atoms with van der Waals surface area (Å²) in [6, 6.07) is 4.23. The lowest BCUT2D eigenvalue weighted by molar-refractivity contribution is 0.623. The number of aryl methyl sites for hydroxylation is 2. The van der Waals surface area contributed by atoms with Crippen LogP contribution < -0.4 is 5.32 Å². The number of pyridine rings is 1. The first-order valence-corrected chi connectivity index (χ1v) is 7.17. The Bertz CT molecular complexity index is 493. The Morgan fingerprint density at radius 2 is 2.22 bits per heavy atom. The van der Waals surface area contributed by atoms with Crippen molar-refractivity contribution in [3.05, 3.63) is 45.7 Å². The van der Waals surface area contributed by atoms with Gasteiger partial charge >= 0.3 is 0 Å². The second-order valence-electron chi connectivity index (χ2n) is 4.19. The molecule has 0 radical (unpaired) electrons. The summed E-state index contributed by atoms with van der Waals surface area (Å²) >= 11 is 1.78. The third-order valence-electron chi connectivity index (χ3n) is 2.92. The van der Waals surface area contributed by atoms with Gasteiger partial charge in [-0.2, -0.15) is 0 Å². The molecule has 0 aliphatic rings. The minimum Gasteiger partial charge on any atom is -0.304 e. The molecule has 96 valence electrons. The van der Waals surface area contributed by atoms with Gasteiger partial charge in [0, 0.05) is 17.3 Å². The van der Waals surface area contributed by atoms with Gasteiger partial charge in [0.05, 0.1) is 11.7 Å². The third-order valence-corrected chi connectivity index (χ3v) is 3.99. The monoisotopic (exact) mass is 261 g/mol. The summed E-state index contributed by atoms with van der Waals surface area (Å²) in [4.78, 5) is 10.3. The van der Waals surface area contributed by atoms with Crippen LogP contribution in [0.3, 0.4) is 0 Å². The molecule has 4 heteroatoms. The van der Waals surface area contributed by atoms with Gasteiger partial charge in [-0.25, -0.2) is 4.98 Å². The molecule has 0 saturated heterocycles. The molecular weight excluding hydrogens is 242 g/mol. The van der Waals surface area contributed by atoms with E-state index in [2.05, 4.69) is 37.1 Å². The van der Waals surface area contributed by atoms with Crippen molar-refractivity contribution in [2.45, 2.75) is 33.2 Å². The van der Waals surface area contributed by atoms with Gasteiger partial charge in [0.1, 0.15) is 5.01 Å². The molecule has 0 spiro atoms. The Morgan fingerprint density at radius 1 is 1.39 bits per heavy atom. The molecule has 0 aliphatic carbocycles. The largest absolute Gasteiger partial charge is 0.304 e. The highest BCUT2D eigenvalue weighted by Crippen LogP contribution is 2.27. The van der Waals surface area contributed by atoms with Crippen LogP contribution in [0.15, 0.2) is 24.5 Å². The van der Waals surface area contributed by atoms with Gasteiger partial charge in [-0.3, -0.25) is 4.98 Å². The topological polar surface area (TPSA) is 37.8 Å². The van der Waals surface area contributed by atoms with Crippen LogP contribution in [-0.4, -0.2) is 16.5 Å². The molecule has 0 amide bonds. The summed E-state index contributed by atoms with van der Waals surface area (Å²) < 4.78 is 0. The van der Waals surface area contributed by atoms with Crippen LogP contribution in [0.1, 0.15) is 41.0 Å². The average Bonchev–Trinajstić information content (AvgIpc) is 2.78. The van der Waals surface area contributed by atoms with Gasteiger partial charge in [0.2, 0.25) is 0 Å². The molecule has 1 unspecified atom stereocenters. The molecule has 0 aliphatic heterocycles. The van der Waals surface area contributed by atoms with E-state index in [0.717, 1.165) is 18.0 Å². The highest BCUT2D eigenvalue weighted by Gasteiger charge is 2.18. The lowest BCUT2D eigenvalue weighted by Gasteiger charge is -2.15. The third kappa shape index (κ3) is 2.76. The maximum atomic E-state index is 4.75. The fraction of sp³-hybridized carbons (Fsp3) is 0.429. The van der Waals surface area contributed by atoms with Gasteiger partial charge in [-0.1, -0.05) is 19.9 Å². The zero-order valence-corrected chi connectivity index (χ0v) is 11.9. The summed E-state index contributed by atoms with van der Waals surface area (Å²) in [6.07, 6.45) is 4.71. The van der Waals surface area contributed by atoms with Crippen LogP contribution in [0.25, 0.3) is 0 Å². The number of hydrogen-bond donors (Lipinski definition) is 1. The SMILES string of the molecule is CCNC(c1cccnc1)c1nc(CC)c(C)s1. The molecule has 2 heterocycles.